The Morgan fingerprint density at radius 2 is 1.87 bits per heavy atom. The van der Waals surface area contributed by atoms with E-state index in [4.69, 9.17) is 9.47 Å². The Morgan fingerprint density at radius 1 is 1.13 bits per heavy atom. The minimum absolute atomic E-state index is 0.131. The van der Waals surface area contributed by atoms with Gasteiger partial charge in [-0.25, -0.2) is 0 Å². The Hall–Kier alpha value is -3.55. The SMILES string of the molecule is CCOc1ccccc1C(=O)NCCCC(=O)N1C[C@H](C(=O)NC)Oc2ccccc21. The van der Waals surface area contributed by atoms with Crippen LogP contribution in [0.4, 0.5) is 5.69 Å². The van der Waals surface area contributed by atoms with Gasteiger partial charge in [0, 0.05) is 20.0 Å². The number of likely N-dealkylation sites (N-methyl/N-ethyl adjacent to an activating group) is 1. The van der Waals surface area contributed by atoms with Crippen LogP contribution in [0.5, 0.6) is 11.5 Å². The van der Waals surface area contributed by atoms with Gasteiger partial charge in [-0.05, 0) is 37.6 Å². The first-order chi connectivity index (χ1) is 15.0. The standard InChI is InChI=1S/C23H27N3O5/c1-3-30-18-11-6-4-9-16(18)22(28)25-14-8-13-21(27)26-15-20(23(29)24-2)31-19-12-7-5-10-17(19)26/h4-7,9-12,20H,3,8,13-15H2,1-2H3,(H,24,29)(H,25,28)/t20-/m1/s1. The van der Waals surface area contributed by atoms with E-state index in [0.717, 1.165) is 0 Å². The molecule has 0 spiro atoms. The molecule has 8 heteroatoms. The quantitative estimate of drug-likeness (QED) is 0.632. The number of amides is 3. The molecule has 0 aromatic heterocycles. The predicted octanol–water partition coefficient (Wildman–Crippen LogP) is 2.14. The second-order valence-electron chi connectivity index (χ2n) is 6.98. The second kappa shape index (κ2) is 10.5. The van der Waals surface area contributed by atoms with E-state index < -0.39 is 6.10 Å². The number of hydrogen-bond acceptors (Lipinski definition) is 5. The van der Waals surface area contributed by atoms with Gasteiger partial charge in [0.05, 0.1) is 24.4 Å². The molecule has 1 atom stereocenters. The highest BCUT2D eigenvalue weighted by Crippen LogP contribution is 2.33. The number of hydrogen-bond donors (Lipinski definition) is 2. The molecule has 8 nitrogen and oxygen atoms in total. The molecule has 1 aliphatic rings. The molecule has 3 amide bonds. The first kappa shape index (κ1) is 22.1. The third kappa shape index (κ3) is 5.33. The number of benzene rings is 2. The Bertz CT molecular complexity index is 946. The van der Waals surface area contributed by atoms with Crippen molar-refractivity contribution in [1.29, 1.82) is 0 Å². The molecule has 2 N–H and O–H groups in total. The molecule has 3 rings (SSSR count). The van der Waals surface area contributed by atoms with Crippen LogP contribution >= 0.6 is 0 Å². The van der Waals surface area contributed by atoms with E-state index in [1.165, 1.54) is 7.05 Å². The monoisotopic (exact) mass is 425 g/mol. The molecule has 0 fully saturated rings. The molecule has 0 saturated heterocycles. The van der Waals surface area contributed by atoms with Crippen LogP contribution < -0.4 is 25.0 Å². The fourth-order valence-electron chi connectivity index (χ4n) is 3.38. The highest BCUT2D eigenvalue weighted by atomic mass is 16.5. The average Bonchev–Trinajstić information content (AvgIpc) is 2.80. The Morgan fingerprint density at radius 3 is 2.65 bits per heavy atom. The summed E-state index contributed by atoms with van der Waals surface area (Å²) in [6.45, 7) is 2.81. The lowest BCUT2D eigenvalue weighted by molar-refractivity contribution is -0.128. The normalized spacial score (nSPS) is 14.8. The van der Waals surface area contributed by atoms with Crippen LogP contribution in [0.25, 0.3) is 0 Å². The van der Waals surface area contributed by atoms with Crippen molar-refractivity contribution in [3.8, 4) is 11.5 Å². The van der Waals surface area contributed by atoms with Crippen molar-refractivity contribution in [2.45, 2.75) is 25.9 Å². The smallest absolute Gasteiger partial charge is 0.262 e. The highest BCUT2D eigenvalue weighted by Gasteiger charge is 2.32. The summed E-state index contributed by atoms with van der Waals surface area (Å²) in [6, 6.07) is 14.2. The van der Waals surface area contributed by atoms with Gasteiger partial charge in [-0.15, -0.1) is 0 Å². The van der Waals surface area contributed by atoms with Gasteiger partial charge in [0.2, 0.25) is 5.91 Å². The molecular weight excluding hydrogens is 398 g/mol. The number of para-hydroxylation sites is 3. The minimum Gasteiger partial charge on any atom is -0.493 e. The van der Waals surface area contributed by atoms with Crippen molar-refractivity contribution in [2.75, 3.05) is 31.6 Å². The third-order valence-corrected chi connectivity index (χ3v) is 4.90. The molecular formula is C23H27N3O5. The first-order valence-corrected chi connectivity index (χ1v) is 10.3. The van der Waals surface area contributed by atoms with Crippen molar-refractivity contribution >= 4 is 23.4 Å². The van der Waals surface area contributed by atoms with Gasteiger partial charge in [-0.1, -0.05) is 24.3 Å². The van der Waals surface area contributed by atoms with E-state index in [0.29, 0.717) is 42.3 Å². The van der Waals surface area contributed by atoms with E-state index in [1.807, 2.05) is 19.1 Å². The summed E-state index contributed by atoms with van der Waals surface area (Å²) >= 11 is 0. The number of anilines is 1. The molecule has 164 valence electrons. The van der Waals surface area contributed by atoms with Crippen LogP contribution in [0.1, 0.15) is 30.1 Å². The summed E-state index contributed by atoms with van der Waals surface area (Å²) in [5, 5.41) is 5.39. The van der Waals surface area contributed by atoms with Crippen LogP contribution in [-0.4, -0.2) is 50.6 Å². The molecule has 0 radical (unpaired) electrons. The Balaban J connectivity index is 1.57. The molecule has 0 saturated carbocycles. The number of rotatable bonds is 8. The summed E-state index contributed by atoms with van der Waals surface area (Å²) in [4.78, 5) is 39.0. The van der Waals surface area contributed by atoms with E-state index in [2.05, 4.69) is 10.6 Å². The van der Waals surface area contributed by atoms with Crippen LogP contribution in [0.3, 0.4) is 0 Å². The van der Waals surface area contributed by atoms with Gasteiger partial charge >= 0.3 is 0 Å². The Kier molecular flexibility index (Phi) is 7.48. The van der Waals surface area contributed by atoms with Crippen LogP contribution in [-0.2, 0) is 9.59 Å². The summed E-state index contributed by atoms with van der Waals surface area (Å²) in [6.07, 6.45) is -0.0769. The maximum atomic E-state index is 12.9. The molecule has 2 aromatic rings. The Labute approximate surface area is 181 Å². The third-order valence-electron chi connectivity index (χ3n) is 4.90. The summed E-state index contributed by atoms with van der Waals surface area (Å²) in [7, 11) is 1.53. The molecule has 0 unspecified atom stereocenters. The fraction of sp³-hybridized carbons (Fsp3) is 0.348. The topological polar surface area (TPSA) is 97.0 Å². The number of carbonyl (C=O) groups excluding carboxylic acids is 3. The van der Waals surface area contributed by atoms with Crippen molar-refractivity contribution in [1.82, 2.24) is 10.6 Å². The van der Waals surface area contributed by atoms with E-state index >= 15 is 0 Å². The van der Waals surface area contributed by atoms with Gasteiger partial charge in [-0.3, -0.25) is 14.4 Å². The highest BCUT2D eigenvalue weighted by molar-refractivity contribution is 5.98. The molecule has 0 bridgehead atoms. The number of fused-ring (bicyclic) bond motifs is 1. The summed E-state index contributed by atoms with van der Waals surface area (Å²) in [5.74, 6) is 0.370. The number of nitrogens with one attached hydrogen (secondary N) is 2. The van der Waals surface area contributed by atoms with Crippen molar-refractivity contribution < 1.29 is 23.9 Å². The molecule has 0 aliphatic carbocycles. The van der Waals surface area contributed by atoms with Crippen molar-refractivity contribution in [2.24, 2.45) is 0 Å². The predicted molar refractivity (Wildman–Crippen MR) is 116 cm³/mol. The lowest BCUT2D eigenvalue weighted by atomic mass is 10.1. The van der Waals surface area contributed by atoms with Crippen LogP contribution in [0.2, 0.25) is 0 Å². The van der Waals surface area contributed by atoms with E-state index in [1.54, 1.807) is 41.3 Å². The molecule has 1 aliphatic heterocycles. The minimum atomic E-state index is -0.765. The molecule has 2 aromatic carbocycles. The van der Waals surface area contributed by atoms with Gasteiger partial charge in [0.1, 0.15) is 11.5 Å². The zero-order valence-electron chi connectivity index (χ0n) is 17.7. The summed E-state index contributed by atoms with van der Waals surface area (Å²) in [5.41, 5.74) is 1.11. The second-order valence-corrected chi connectivity index (χ2v) is 6.98. The van der Waals surface area contributed by atoms with Gasteiger partial charge in [-0.2, -0.15) is 0 Å². The maximum Gasteiger partial charge on any atom is 0.262 e. The maximum absolute atomic E-state index is 12.9. The van der Waals surface area contributed by atoms with Gasteiger partial charge < -0.3 is 25.0 Å². The molecule has 31 heavy (non-hydrogen) atoms. The van der Waals surface area contributed by atoms with E-state index in [9.17, 15) is 14.4 Å². The molecule has 1 heterocycles. The van der Waals surface area contributed by atoms with E-state index in [-0.39, 0.29) is 30.7 Å². The lowest BCUT2D eigenvalue weighted by Crippen LogP contribution is -2.50. The van der Waals surface area contributed by atoms with Crippen molar-refractivity contribution in [3.63, 3.8) is 0 Å². The van der Waals surface area contributed by atoms with Crippen LogP contribution in [0, 0.1) is 0 Å². The van der Waals surface area contributed by atoms with Gasteiger partial charge in [0.25, 0.3) is 11.8 Å². The zero-order chi connectivity index (χ0) is 22.2. The average molecular weight is 425 g/mol. The summed E-state index contributed by atoms with van der Waals surface area (Å²) < 4.78 is 11.2. The largest absolute Gasteiger partial charge is 0.493 e. The lowest BCUT2D eigenvalue weighted by Gasteiger charge is -2.34. The first-order valence-electron chi connectivity index (χ1n) is 10.3. The fourth-order valence-corrected chi connectivity index (χ4v) is 3.38. The number of carbonyl (C=O) groups is 3. The van der Waals surface area contributed by atoms with Gasteiger partial charge in [0.15, 0.2) is 6.10 Å². The number of ether oxygens (including phenoxy) is 2. The number of nitrogens with zero attached hydrogens (tertiary/aromatic N) is 1. The van der Waals surface area contributed by atoms with Crippen LogP contribution in [0.15, 0.2) is 48.5 Å². The zero-order valence-corrected chi connectivity index (χ0v) is 17.7. The van der Waals surface area contributed by atoms with Crippen molar-refractivity contribution in [3.05, 3.63) is 54.1 Å².